The fourth-order valence-electron chi connectivity index (χ4n) is 0. The Hall–Kier alpha value is 4.47. The van der Waals surface area contributed by atoms with Crippen LogP contribution in [0.1, 0.15) is 0 Å². The van der Waals surface area contributed by atoms with E-state index in [0.717, 1.165) is 0 Å². The Morgan fingerprint density at radius 3 is 0.0882 bits per heavy atom. The van der Waals surface area contributed by atoms with Gasteiger partial charge in [-0.2, -0.15) is 0 Å². The molecule has 34 heavy (non-hydrogen) atoms. The van der Waals surface area contributed by atoms with Gasteiger partial charge in [0, 0.05) is 169 Å². The molecular formula is H57Mo8O26+5. The second-order valence-corrected chi connectivity index (χ2v) is 0. The smallest absolute Gasteiger partial charge is 0 e. The Kier molecular flexibility index (Phi) is 199000. The molecule has 0 aliphatic rings. The molecule has 0 radical (unpaired) electrons. The molecule has 34 heteroatoms. The van der Waals surface area contributed by atoms with Crippen molar-refractivity contribution in [2.24, 2.45) is 0 Å². The Morgan fingerprint density at radius 1 is 0.0882 bits per heavy atom. The number of rotatable bonds is 0. The topological polar surface area (TPSA) is 826 Å². The predicted molar refractivity (Wildman–Crippen MR) is 100 cm³/mol. The second kappa shape index (κ2) is 2500. The van der Waals surface area contributed by atoms with E-state index in [-0.39, 0.29) is 311 Å². The molecule has 26 nitrogen and oxygen atoms in total. The second-order valence-electron chi connectivity index (χ2n) is 0. The van der Waals surface area contributed by atoms with Crippen molar-refractivity contribution in [3.05, 3.63) is 0 Å². The van der Waals surface area contributed by atoms with Crippen LogP contribution in [0.25, 0.3) is 0 Å². The van der Waals surface area contributed by atoms with Gasteiger partial charge in [-0.25, -0.2) is 0 Å². The molecule has 0 spiro atoms. The minimum Gasteiger partial charge on any atom is -0.457 e. The van der Waals surface area contributed by atoms with Crippen LogP contribution in [0.2, 0.25) is 0 Å². The van der Waals surface area contributed by atoms with E-state index in [4.69, 9.17) is 0 Å². The van der Waals surface area contributed by atoms with E-state index in [1.807, 2.05) is 0 Å². The van der Waals surface area contributed by atoms with Crippen LogP contribution < -0.4 is 0 Å². The summed E-state index contributed by atoms with van der Waals surface area (Å²) >= 11 is 0. The Morgan fingerprint density at radius 2 is 0.0882 bits per heavy atom. The molecule has 0 bridgehead atoms. The number of hydrogen-bond acceptors (Lipinski definition) is 0. The van der Waals surface area contributed by atoms with Crippen LogP contribution in [0.5, 0.6) is 0 Å². The average molecular weight is 1240 g/mol. The molecule has 0 saturated carbocycles. The standard InChI is InChI=1S/8Mo.26H2O/h;;;;;;;;26*1H2/p+5. The first-order valence-electron chi connectivity index (χ1n) is 0. The summed E-state index contributed by atoms with van der Waals surface area (Å²) in [6.07, 6.45) is 0. The van der Waals surface area contributed by atoms with E-state index in [1.54, 1.807) is 0 Å². The van der Waals surface area contributed by atoms with E-state index < -0.39 is 0 Å². The van der Waals surface area contributed by atoms with Crippen molar-refractivity contribution < 1.29 is 311 Å². The van der Waals surface area contributed by atoms with Gasteiger partial charge in [0.2, 0.25) is 0 Å². The summed E-state index contributed by atoms with van der Waals surface area (Å²) in [6.45, 7) is 0. The van der Waals surface area contributed by atoms with Gasteiger partial charge in [0.05, 0.1) is 0 Å². The van der Waals surface area contributed by atoms with Gasteiger partial charge in [0.1, 0.15) is 0 Å². The molecule has 0 unspecified atom stereocenters. The molecule has 0 heterocycles. The average Bonchev–Trinajstić information content (AvgIpc) is 0. The van der Waals surface area contributed by atoms with E-state index in [9.17, 15) is 0 Å². The SMILES string of the molecule is O.O.O.O.O.O.O.O.O.O.O.O.O.O.O.O.O.O.O.O.O.[Mo].[Mo].[Mo].[Mo].[Mo].[Mo].[Mo].[Mo].[OH3+].[OH3+].[OH3+].[OH3+].[OH3+]. The van der Waals surface area contributed by atoms with Crippen molar-refractivity contribution in [1.29, 1.82) is 0 Å². The normalized spacial score (nSPS) is 0. The maximum absolute atomic E-state index is 0. The quantitative estimate of drug-likeness (QED) is 0.161. The van der Waals surface area contributed by atoms with Gasteiger partial charge >= 0.3 is 0 Å². The third-order valence-electron chi connectivity index (χ3n) is 0. The molecule has 0 aliphatic heterocycles. The first kappa shape index (κ1) is 2710. The molecule has 256 valence electrons. The molecule has 0 saturated heterocycles. The van der Waals surface area contributed by atoms with Crippen molar-refractivity contribution in [1.82, 2.24) is 0 Å². The Labute approximate surface area is 307 Å². The van der Waals surface area contributed by atoms with Gasteiger partial charge in [-0.3, -0.25) is 0 Å². The number of hydrogen-bond donors (Lipinski definition) is 0. The molecule has 0 aromatic rings. The predicted octanol–water partition coefficient (Wildman–Crippen LogP) is -21.9. The molecule has 0 aromatic carbocycles. The summed E-state index contributed by atoms with van der Waals surface area (Å²) in [7, 11) is 0. The zero-order valence-corrected chi connectivity index (χ0v) is 32.7. The Bertz CT molecular complexity index is 26.8. The molecule has 0 amide bonds. The van der Waals surface area contributed by atoms with Crippen LogP contribution in [0, 0.1) is 0 Å². The fraction of sp³-hybridized carbons (Fsp3) is 0. The summed E-state index contributed by atoms with van der Waals surface area (Å²) in [4.78, 5) is 0. The van der Waals surface area contributed by atoms with Gasteiger partial charge in [-0.1, -0.05) is 0 Å². The van der Waals surface area contributed by atoms with Crippen molar-refractivity contribution in [2.75, 3.05) is 0 Å². The van der Waals surface area contributed by atoms with Gasteiger partial charge in [-0.15, -0.1) is 0 Å². The minimum absolute atomic E-state index is 0. The zero-order chi connectivity index (χ0) is 0. The van der Waals surface area contributed by atoms with Crippen LogP contribution in [-0.2, 0) is 196 Å². The molecular weight excluding hydrogens is 1180 g/mol. The van der Waals surface area contributed by atoms with E-state index >= 15 is 0 Å². The van der Waals surface area contributed by atoms with Crippen molar-refractivity contribution >= 4 is 0 Å². The van der Waals surface area contributed by atoms with Crippen LogP contribution in [0.3, 0.4) is 0 Å². The van der Waals surface area contributed by atoms with E-state index in [1.165, 1.54) is 0 Å². The maximum atomic E-state index is 0. The van der Waals surface area contributed by atoms with Gasteiger partial charge in [0.15, 0.2) is 0 Å². The van der Waals surface area contributed by atoms with Gasteiger partial charge in [-0.05, 0) is 0 Å². The molecule has 0 rings (SSSR count). The monoisotopic (exact) mass is 1260 g/mol. The zero-order valence-electron chi connectivity index (χ0n) is 16.7. The van der Waals surface area contributed by atoms with E-state index in [2.05, 4.69) is 0 Å². The third-order valence-corrected chi connectivity index (χ3v) is 0. The summed E-state index contributed by atoms with van der Waals surface area (Å²) in [5.74, 6) is 0. The van der Waals surface area contributed by atoms with Crippen LogP contribution in [-0.4, -0.2) is 115 Å². The molecule has 0 fully saturated rings. The molecule has 0 aliphatic carbocycles. The summed E-state index contributed by atoms with van der Waals surface area (Å²) < 4.78 is 0. The van der Waals surface area contributed by atoms with Crippen LogP contribution >= 0.6 is 0 Å². The van der Waals surface area contributed by atoms with Crippen LogP contribution in [0.15, 0.2) is 0 Å². The van der Waals surface area contributed by atoms with Crippen LogP contribution in [0.4, 0.5) is 0 Å². The molecule has 0 aromatic heterocycles. The first-order valence-corrected chi connectivity index (χ1v) is 0. The fourth-order valence-corrected chi connectivity index (χ4v) is 0. The Balaban J connectivity index is 0. The maximum Gasteiger partial charge on any atom is 0 e. The van der Waals surface area contributed by atoms with Gasteiger partial charge < -0.3 is 142 Å². The minimum atomic E-state index is 0. The molecule has 57 N–H and O–H groups in total. The van der Waals surface area contributed by atoms with Crippen molar-refractivity contribution in [3.8, 4) is 0 Å². The first-order chi connectivity index (χ1) is 0. The largest absolute Gasteiger partial charge is 0.457 e. The van der Waals surface area contributed by atoms with E-state index in [0.29, 0.717) is 0 Å². The van der Waals surface area contributed by atoms with Crippen molar-refractivity contribution in [3.63, 3.8) is 0 Å². The summed E-state index contributed by atoms with van der Waals surface area (Å²) in [5, 5.41) is 0. The summed E-state index contributed by atoms with van der Waals surface area (Å²) in [5.41, 5.74) is 0. The molecule has 0 atom stereocenters. The van der Waals surface area contributed by atoms with Crippen molar-refractivity contribution in [2.45, 2.75) is 0 Å². The summed E-state index contributed by atoms with van der Waals surface area (Å²) in [6, 6.07) is 0. The third kappa shape index (κ3) is 2300. The van der Waals surface area contributed by atoms with Gasteiger partial charge in [0.25, 0.3) is 0 Å².